The maximum atomic E-state index is 13.7. The largest absolute Gasteiger partial charge is 0.455 e. The van der Waals surface area contributed by atoms with Gasteiger partial charge in [-0.3, -0.25) is 0 Å². The monoisotopic (exact) mass is 737 g/mol. The van der Waals surface area contributed by atoms with Crippen LogP contribution in [0.5, 0.6) is 0 Å². The van der Waals surface area contributed by atoms with Crippen LogP contribution >= 0.6 is 0 Å². The lowest BCUT2D eigenvalue weighted by Crippen LogP contribution is -2.32. The number of fused-ring (bicyclic) bond motifs is 3. The first-order valence-corrected chi connectivity index (χ1v) is 18.5. The van der Waals surface area contributed by atoms with E-state index in [9.17, 15) is 15.9 Å². The minimum absolute atomic E-state index is 0.151. The molecule has 54 heavy (non-hydrogen) atoms. The molecule has 3 heterocycles. The highest BCUT2D eigenvalue weighted by Crippen LogP contribution is 2.43. The highest BCUT2D eigenvalue weighted by atomic mass is 19.4. The lowest BCUT2D eigenvalue weighted by molar-refractivity contribution is -0.660. The van der Waals surface area contributed by atoms with Gasteiger partial charge in [-0.05, 0) is 70.6 Å². The predicted molar refractivity (Wildman–Crippen MR) is 214 cm³/mol. The number of hydrogen-bond acceptors (Lipinski definition) is 4. The molecule has 6 aromatic rings. The summed E-state index contributed by atoms with van der Waals surface area (Å²) in [7, 11) is 1.87. The van der Waals surface area contributed by atoms with Gasteiger partial charge in [0.2, 0.25) is 5.69 Å². The number of aryl methyl sites for hydroxylation is 2. The second-order valence-corrected chi connectivity index (χ2v) is 18.7. The zero-order valence-electron chi connectivity index (χ0n) is 36.1. The van der Waals surface area contributed by atoms with E-state index in [1.807, 2.05) is 75.8 Å². The second kappa shape index (κ2) is 13.0. The SMILES string of the molecule is [2H]C([2H])(c1c[n+](C)c(-c2c(C)ccc3c2oc2cc(C(F)(F)F)ccc23)cc1-c1ccc(-c2nc(C(C)(C)C)nc(C(C)(C)C)n2)cc1C(C)(C)C)C(C)(C)C. The lowest BCUT2D eigenvalue weighted by atomic mass is 9.78. The minimum atomic E-state index is -4.51. The van der Waals surface area contributed by atoms with Crippen molar-refractivity contribution < 1.29 is 24.9 Å². The Kier molecular flexibility index (Phi) is 8.78. The van der Waals surface area contributed by atoms with Gasteiger partial charge in [0.25, 0.3) is 0 Å². The van der Waals surface area contributed by atoms with Crippen molar-refractivity contribution in [2.45, 2.75) is 119 Å². The van der Waals surface area contributed by atoms with Crippen LogP contribution in [0.25, 0.3) is 55.7 Å². The Morgan fingerprint density at radius 3 is 1.87 bits per heavy atom. The van der Waals surface area contributed by atoms with Crippen LogP contribution in [0.3, 0.4) is 0 Å². The molecular weight excluding hydrogens is 682 g/mol. The molecule has 0 N–H and O–H groups in total. The van der Waals surface area contributed by atoms with Crippen LogP contribution in [0.15, 0.2) is 65.2 Å². The van der Waals surface area contributed by atoms with Gasteiger partial charge in [0.1, 0.15) is 29.9 Å². The zero-order chi connectivity index (χ0) is 41.7. The predicted octanol–water partition coefficient (Wildman–Crippen LogP) is 12.4. The lowest BCUT2D eigenvalue weighted by Gasteiger charge is -2.27. The summed E-state index contributed by atoms with van der Waals surface area (Å²) < 4.78 is 68.6. The van der Waals surface area contributed by atoms with E-state index in [-0.39, 0.29) is 16.4 Å². The molecule has 3 aromatic carbocycles. The normalized spacial score (nSPS) is 14.2. The molecule has 0 saturated carbocycles. The van der Waals surface area contributed by atoms with Gasteiger partial charge in [0.05, 0.1) is 11.1 Å². The van der Waals surface area contributed by atoms with Gasteiger partial charge >= 0.3 is 6.18 Å². The first kappa shape index (κ1) is 36.4. The minimum Gasteiger partial charge on any atom is -0.455 e. The van der Waals surface area contributed by atoms with Crippen LogP contribution in [0.4, 0.5) is 13.2 Å². The molecule has 0 unspecified atom stereocenters. The molecule has 0 spiro atoms. The van der Waals surface area contributed by atoms with Gasteiger partial charge in [-0.15, -0.1) is 0 Å². The topological polar surface area (TPSA) is 55.7 Å². The number of rotatable bonds is 4. The third-order valence-electron chi connectivity index (χ3n) is 9.57. The maximum absolute atomic E-state index is 13.7. The summed E-state index contributed by atoms with van der Waals surface area (Å²) in [5.74, 6) is 2.00. The number of pyridine rings is 1. The van der Waals surface area contributed by atoms with Gasteiger partial charge in [0.15, 0.2) is 12.0 Å². The maximum Gasteiger partial charge on any atom is 0.416 e. The number of alkyl halides is 3. The van der Waals surface area contributed by atoms with Crippen molar-refractivity contribution in [3.63, 3.8) is 0 Å². The van der Waals surface area contributed by atoms with Gasteiger partial charge in [-0.25, -0.2) is 19.5 Å². The van der Waals surface area contributed by atoms with E-state index in [0.29, 0.717) is 45.0 Å². The molecule has 0 aliphatic carbocycles. The van der Waals surface area contributed by atoms with Gasteiger partial charge in [0, 0.05) is 41.5 Å². The molecule has 3 aromatic heterocycles. The number of aromatic nitrogens is 4. The van der Waals surface area contributed by atoms with Gasteiger partial charge in [-0.1, -0.05) is 107 Å². The first-order chi connectivity index (χ1) is 25.5. The van der Waals surface area contributed by atoms with E-state index in [1.54, 1.807) is 0 Å². The Balaban J connectivity index is 1.67. The molecular formula is C46H54F3N4O+. The van der Waals surface area contributed by atoms with E-state index in [4.69, 9.17) is 19.4 Å². The quantitative estimate of drug-likeness (QED) is 0.169. The molecule has 8 heteroatoms. The fourth-order valence-electron chi connectivity index (χ4n) is 6.77. The van der Waals surface area contributed by atoms with E-state index < -0.39 is 28.9 Å². The van der Waals surface area contributed by atoms with Crippen LogP contribution in [0, 0.1) is 12.3 Å². The zero-order valence-corrected chi connectivity index (χ0v) is 34.1. The molecule has 0 saturated heterocycles. The molecule has 0 fully saturated rings. The van der Waals surface area contributed by atoms with Crippen molar-refractivity contribution in [3.8, 4) is 33.8 Å². The molecule has 284 valence electrons. The molecule has 0 aliphatic rings. The van der Waals surface area contributed by atoms with Crippen molar-refractivity contribution in [1.29, 1.82) is 0 Å². The molecule has 0 bridgehead atoms. The Morgan fingerprint density at radius 2 is 1.31 bits per heavy atom. The summed E-state index contributed by atoms with van der Waals surface area (Å²) in [6.07, 6.45) is -4.43. The molecule has 0 aliphatic heterocycles. The van der Waals surface area contributed by atoms with Crippen molar-refractivity contribution in [1.82, 2.24) is 15.0 Å². The van der Waals surface area contributed by atoms with Crippen LogP contribution in [-0.2, 0) is 35.8 Å². The van der Waals surface area contributed by atoms with Crippen molar-refractivity contribution in [3.05, 3.63) is 94.7 Å². The van der Waals surface area contributed by atoms with Crippen LogP contribution in [0.2, 0.25) is 0 Å². The summed E-state index contributed by atoms with van der Waals surface area (Å²) in [4.78, 5) is 14.9. The van der Waals surface area contributed by atoms with Crippen LogP contribution in [0.1, 0.15) is 120 Å². The number of hydrogen-bond donors (Lipinski definition) is 0. The summed E-state index contributed by atoms with van der Waals surface area (Å²) in [5, 5.41) is 1.29. The summed E-state index contributed by atoms with van der Waals surface area (Å²) in [5.41, 5.74) is 4.28. The molecule has 0 radical (unpaired) electrons. The van der Waals surface area contributed by atoms with Crippen molar-refractivity contribution in [2.24, 2.45) is 12.5 Å². The Bertz CT molecular complexity index is 2470. The Hall–Kier alpha value is -4.59. The highest BCUT2D eigenvalue weighted by molar-refractivity contribution is 6.10. The Morgan fingerprint density at radius 1 is 0.704 bits per heavy atom. The van der Waals surface area contributed by atoms with Crippen molar-refractivity contribution in [2.75, 3.05) is 0 Å². The average molecular weight is 738 g/mol. The third kappa shape index (κ3) is 7.67. The summed E-state index contributed by atoms with van der Waals surface area (Å²) in [6, 6.07) is 15.6. The first-order valence-electron chi connectivity index (χ1n) is 19.5. The van der Waals surface area contributed by atoms with E-state index in [2.05, 4.69) is 68.4 Å². The molecule has 5 nitrogen and oxygen atoms in total. The average Bonchev–Trinajstić information content (AvgIpc) is 3.44. The second-order valence-electron chi connectivity index (χ2n) is 18.7. The summed E-state index contributed by atoms with van der Waals surface area (Å²) in [6.45, 7) is 26.6. The molecule has 0 amide bonds. The van der Waals surface area contributed by atoms with Crippen LogP contribution in [-0.4, -0.2) is 15.0 Å². The number of halogens is 3. The smallest absolute Gasteiger partial charge is 0.416 e. The fourth-order valence-corrected chi connectivity index (χ4v) is 6.77. The number of benzene rings is 3. The number of furan rings is 1. The molecule has 0 atom stereocenters. The van der Waals surface area contributed by atoms with Gasteiger partial charge < -0.3 is 4.42 Å². The third-order valence-corrected chi connectivity index (χ3v) is 9.57. The molecule has 6 rings (SSSR count). The Labute approximate surface area is 320 Å². The van der Waals surface area contributed by atoms with Crippen molar-refractivity contribution >= 4 is 21.9 Å². The van der Waals surface area contributed by atoms with Gasteiger partial charge in [-0.2, -0.15) is 13.2 Å². The summed E-state index contributed by atoms with van der Waals surface area (Å²) >= 11 is 0. The standard InChI is InChI=1S/C46H54F3N4O/c1-26-15-18-32-31-20-17-29(46(47,48)49)22-36(31)54-38(32)37(26)35-23-33(28(25-53(35)14)24-42(2,3)4)30-19-16-27(21-34(30)43(5,6)7)39-50-40(44(8,9)10)52-41(51-39)45(11,12)13/h15-23,25H,24H2,1-14H3/q+1/i24D2. The van der Waals surface area contributed by atoms with E-state index >= 15 is 0 Å². The van der Waals surface area contributed by atoms with E-state index in [0.717, 1.165) is 45.6 Å². The number of nitrogens with zero attached hydrogens (tertiary/aromatic N) is 4. The van der Waals surface area contributed by atoms with Crippen LogP contribution < -0.4 is 4.57 Å². The van der Waals surface area contributed by atoms with E-state index in [1.165, 1.54) is 6.07 Å². The fraction of sp³-hybridized carbons (Fsp3) is 0.435. The highest BCUT2D eigenvalue weighted by Gasteiger charge is 2.33.